The Bertz CT molecular complexity index is 1170. The van der Waals surface area contributed by atoms with E-state index >= 15 is 0 Å². The molecular weight excluding hydrogens is 431 g/mol. The molecule has 0 amide bonds. The van der Waals surface area contributed by atoms with E-state index in [9.17, 15) is 4.79 Å². The van der Waals surface area contributed by atoms with Crippen molar-refractivity contribution in [1.29, 1.82) is 0 Å². The first kappa shape index (κ1) is 21.6. The normalized spacial score (nSPS) is 14.8. The second-order valence-corrected chi connectivity index (χ2v) is 9.74. The molecule has 2 N–H and O–H groups in total. The van der Waals surface area contributed by atoms with Crippen molar-refractivity contribution in [3.05, 3.63) is 68.8 Å². The Morgan fingerprint density at radius 2 is 1.58 bits per heavy atom. The number of nitrogens with zero attached hydrogens (tertiary/aromatic N) is 2. The first-order valence-electron chi connectivity index (χ1n) is 10.1. The molecule has 0 saturated heterocycles. The molecule has 0 saturated carbocycles. The molecule has 1 aromatic heterocycles. The third-order valence-electron chi connectivity index (χ3n) is 5.44. The van der Waals surface area contributed by atoms with Gasteiger partial charge in [0.1, 0.15) is 5.82 Å². The molecular formula is C24H24Cl2N4O. The zero-order valence-corrected chi connectivity index (χ0v) is 19.4. The molecule has 5 nitrogen and oxygen atoms in total. The highest BCUT2D eigenvalue weighted by Crippen LogP contribution is 2.38. The number of halogens is 2. The van der Waals surface area contributed by atoms with Gasteiger partial charge in [0, 0.05) is 27.8 Å². The fraction of sp³-hybridized carbons (Fsp3) is 0.292. The van der Waals surface area contributed by atoms with Gasteiger partial charge in [0.05, 0.1) is 11.3 Å². The molecule has 160 valence electrons. The van der Waals surface area contributed by atoms with Gasteiger partial charge >= 0.3 is 0 Å². The standard InChI is InChI=1S/C24H24Cl2N4O/c1-13-5-6-17(7-14(13)2)28-23-29-19-11-24(3,4)12-20(31)21(19)22(30-23)27-18-9-15(25)8-16(26)10-18/h5-10H,11-12H2,1-4H3,(H2,27,28,29,30). The second-order valence-electron chi connectivity index (χ2n) is 8.87. The van der Waals surface area contributed by atoms with Crippen LogP contribution in [0.3, 0.4) is 0 Å². The van der Waals surface area contributed by atoms with Gasteiger partial charge in [-0.1, -0.05) is 43.1 Å². The summed E-state index contributed by atoms with van der Waals surface area (Å²) < 4.78 is 0. The van der Waals surface area contributed by atoms with Crippen LogP contribution in [0.15, 0.2) is 36.4 Å². The van der Waals surface area contributed by atoms with Crippen LogP contribution in [0.25, 0.3) is 0 Å². The lowest BCUT2D eigenvalue weighted by Gasteiger charge is -2.30. The molecule has 7 heteroatoms. The van der Waals surface area contributed by atoms with E-state index in [1.807, 2.05) is 6.07 Å². The van der Waals surface area contributed by atoms with E-state index in [4.69, 9.17) is 28.2 Å². The quantitative estimate of drug-likeness (QED) is 0.442. The smallest absolute Gasteiger partial charge is 0.229 e. The maximum Gasteiger partial charge on any atom is 0.229 e. The molecule has 4 rings (SSSR count). The molecule has 0 aliphatic heterocycles. The molecule has 31 heavy (non-hydrogen) atoms. The van der Waals surface area contributed by atoms with Crippen LogP contribution in [0.1, 0.15) is 47.4 Å². The summed E-state index contributed by atoms with van der Waals surface area (Å²) in [5.41, 5.74) is 5.04. The summed E-state index contributed by atoms with van der Waals surface area (Å²) >= 11 is 12.3. The van der Waals surface area contributed by atoms with Crippen LogP contribution in [-0.2, 0) is 6.42 Å². The van der Waals surface area contributed by atoms with Gasteiger partial charge in [-0.2, -0.15) is 4.98 Å². The Morgan fingerprint density at radius 3 is 2.26 bits per heavy atom. The van der Waals surface area contributed by atoms with E-state index in [0.29, 0.717) is 45.9 Å². The fourth-order valence-corrected chi connectivity index (χ4v) is 4.35. The minimum atomic E-state index is -0.160. The van der Waals surface area contributed by atoms with Gasteiger partial charge < -0.3 is 10.6 Å². The first-order chi connectivity index (χ1) is 14.6. The maximum absolute atomic E-state index is 13.0. The summed E-state index contributed by atoms with van der Waals surface area (Å²) in [5.74, 6) is 0.915. The average Bonchev–Trinajstić information content (AvgIpc) is 2.62. The van der Waals surface area contributed by atoms with Crippen molar-refractivity contribution < 1.29 is 4.79 Å². The molecule has 2 aromatic carbocycles. The molecule has 1 aliphatic rings. The summed E-state index contributed by atoms with van der Waals surface area (Å²) in [5, 5.41) is 7.52. The number of carbonyl (C=O) groups excluding carboxylic acids is 1. The van der Waals surface area contributed by atoms with Crippen molar-refractivity contribution >= 4 is 52.1 Å². The van der Waals surface area contributed by atoms with Crippen molar-refractivity contribution in [3.8, 4) is 0 Å². The Labute approximate surface area is 192 Å². The number of rotatable bonds is 4. The molecule has 0 bridgehead atoms. The Morgan fingerprint density at radius 1 is 0.871 bits per heavy atom. The predicted molar refractivity (Wildman–Crippen MR) is 127 cm³/mol. The van der Waals surface area contributed by atoms with Gasteiger partial charge in [0.25, 0.3) is 0 Å². The lowest BCUT2D eigenvalue weighted by atomic mass is 9.75. The van der Waals surface area contributed by atoms with Crippen molar-refractivity contribution in [2.75, 3.05) is 10.6 Å². The number of benzene rings is 2. The number of anilines is 4. The van der Waals surface area contributed by atoms with Crippen LogP contribution in [-0.4, -0.2) is 15.8 Å². The number of hydrogen-bond donors (Lipinski definition) is 2. The second kappa shape index (κ2) is 8.13. The molecule has 3 aromatic rings. The van der Waals surface area contributed by atoms with Gasteiger partial charge in [-0.05, 0) is 67.1 Å². The number of fused-ring (bicyclic) bond motifs is 1. The molecule has 0 atom stereocenters. The number of ketones is 1. The highest BCUT2D eigenvalue weighted by atomic mass is 35.5. The first-order valence-corrected chi connectivity index (χ1v) is 10.9. The van der Waals surface area contributed by atoms with Crippen LogP contribution >= 0.6 is 23.2 Å². The van der Waals surface area contributed by atoms with Crippen LogP contribution in [0.5, 0.6) is 0 Å². The van der Waals surface area contributed by atoms with Crippen molar-refractivity contribution in [2.45, 2.75) is 40.5 Å². The number of aryl methyl sites for hydroxylation is 2. The minimum Gasteiger partial charge on any atom is -0.339 e. The SMILES string of the molecule is Cc1ccc(Nc2nc3c(c(Nc4cc(Cl)cc(Cl)c4)n2)C(=O)CC(C)(C)C3)cc1C. The van der Waals surface area contributed by atoms with Crippen molar-refractivity contribution in [2.24, 2.45) is 5.41 Å². The van der Waals surface area contributed by atoms with Crippen LogP contribution in [0.4, 0.5) is 23.1 Å². The van der Waals surface area contributed by atoms with Crippen LogP contribution in [0, 0.1) is 19.3 Å². The molecule has 0 fully saturated rings. The van der Waals surface area contributed by atoms with Gasteiger partial charge in [-0.3, -0.25) is 4.79 Å². The summed E-state index contributed by atoms with van der Waals surface area (Å²) in [7, 11) is 0. The van der Waals surface area contributed by atoms with E-state index in [-0.39, 0.29) is 11.2 Å². The Kier molecular flexibility index (Phi) is 5.67. The van der Waals surface area contributed by atoms with E-state index in [0.717, 1.165) is 11.4 Å². The summed E-state index contributed by atoms with van der Waals surface area (Å²) in [6.07, 6.45) is 1.13. The number of Topliss-reactive ketones (excluding diaryl/α,β-unsaturated/α-hetero) is 1. The largest absolute Gasteiger partial charge is 0.339 e. The van der Waals surface area contributed by atoms with Crippen molar-refractivity contribution in [3.63, 3.8) is 0 Å². The molecule has 0 radical (unpaired) electrons. The summed E-state index contributed by atoms with van der Waals surface area (Å²) in [6, 6.07) is 11.2. The Balaban J connectivity index is 1.79. The molecule has 0 unspecified atom stereocenters. The van der Waals surface area contributed by atoms with Gasteiger partial charge in [-0.15, -0.1) is 0 Å². The van der Waals surface area contributed by atoms with E-state index < -0.39 is 0 Å². The molecule has 1 aliphatic carbocycles. The third kappa shape index (κ3) is 4.83. The molecule has 0 spiro atoms. The van der Waals surface area contributed by atoms with E-state index in [2.05, 4.69) is 55.4 Å². The average molecular weight is 455 g/mol. The number of hydrogen-bond acceptors (Lipinski definition) is 5. The fourth-order valence-electron chi connectivity index (χ4n) is 3.82. The zero-order valence-electron chi connectivity index (χ0n) is 17.9. The van der Waals surface area contributed by atoms with Crippen molar-refractivity contribution in [1.82, 2.24) is 9.97 Å². The monoisotopic (exact) mass is 454 g/mol. The number of nitrogens with one attached hydrogen (secondary N) is 2. The highest BCUT2D eigenvalue weighted by molar-refractivity contribution is 6.35. The summed E-state index contributed by atoms with van der Waals surface area (Å²) in [4.78, 5) is 22.4. The van der Waals surface area contributed by atoms with Gasteiger partial charge in [0.2, 0.25) is 5.95 Å². The minimum absolute atomic E-state index is 0.0274. The van der Waals surface area contributed by atoms with Crippen LogP contribution in [0.2, 0.25) is 10.0 Å². The lowest BCUT2D eigenvalue weighted by Crippen LogP contribution is -2.29. The van der Waals surface area contributed by atoms with Crippen LogP contribution < -0.4 is 10.6 Å². The van der Waals surface area contributed by atoms with Gasteiger partial charge in [0.15, 0.2) is 5.78 Å². The lowest BCUT2D eigenvalue weighted by molar-refractivity contribution is 0.0911. The number of aromatic nitrogens is 2. The highest BCUT2D eigenvalue weighted by Gasteiger charge is 2.35. The molecule has 1 heterocycles. The third-order valence-corrected chi connectivity index (χ3v) is 5.87. The predicted octanol–water partition coefficient (Wildman–Crippen LogP) is 7.04. The topological polar surface area (TPSA) is 66.9 Å². The number of carbonyl (C=O) groups is 1. The van der Waals surface area contributed by atoms with E-state index in [1.165, 1.54) is 11.1 Å². The van der Waals surface area contributed by atoms with E-state index in [1.54, 1.807) is 18.2 Å². The zero-order chi connectivity index (χ0) is 22.3. The maximum atomic E-state index is 13.0. The van der Waals surface area contributed by atoms with Gasteiger partial charge in [-0.25, -0.2) is 4.98 Å². The Hall–Kier alpha value is -2.63. The summed E-state index contributed by atoms with van der Waals surface area (Å²) in [6.45, 7) is 8.29.